The Kier molecular flexibility index (Phi) is 2.72. The number of para-hydroxylation sites is 2. The van der Waals surface area contributed by atoms with Crippen molar-refractivity contribution in [2.24, 2.45) is 0 Å². The number of aryl methyl sites for hydroxylation is 1. The lowest BCUT2D eigenvalue weighted by Gasteiger charge is -2.07. The Morgan fingerprint density at radius 2 is 2.00 bits per heavy atom. The van der Waals surface area contributed by atoms with Gasteiger partial charge in [0.25, 0.3) is 0 Å². The molecule has 19 heavy (non-hydrogen) atoms. The maximum absolute atomic E-state index is 10.2. The van der Waals surface area contributed by atoms with Crippen LogP contribution in [0.2, 0.25) is 0 Å². The van der Waals surface area contributed by atoms with Crippen LogP contribution in [0.5, 0.6) is 5.75 Å². The minimum atomic E-state index is -0.194. The quantitative estimate of drug-likeness (QED) is 0.658. The van der Waals surface area contributed by atoms with Crippen molar-refractivity contribution >= 4 is 11.0 Å². The number of aliphatic hydroxyl groups is 1. The normalized spacial score (nSPS) is 11.1. The highest BCUT2D eigenvalue weighted by molar-refractivity contribution is 5.81. The molecular formula is C15H14N2O2. The summed E-state index contributed by atoms with van der Waals surface area (Å²) in [4.78, 5) is 7.64. The van der Waals surface area contributed by atoms with Crippen LogP contribution in [0.4, 0.5) is 0 Å². The summed E-state index contributed by atoms with van der Waals surface area (Å²) in [7, 11) is 0. The zero-order valence-corrected chi connectivity index (χ0v) is 10.5. The first-order valence-corrected chi connectivity index (χ1v) is 6.07. The van der Waals surface area contributed by atoms with E-state index in [9.17, 15) is 10.2 Å². The van der Waals surface area contributed by atoms with E-state index in [2.05, 4.69) is 9.97 Å². The third-order valence-electron chi connectivity index (χ3n) is 3.15. The molecule has 0 aliphatic heterocycles. The van der Waals surface area contributed by atoms with Gasteiger partial charge in [0.05, 0.1) is 23.2 Å². The van der Waals surface area contributed by atoms with Gasteiger partial charge in [-0.15, -0.1) is 0 Å². The highest BCUT2D eigenvalue weighted by atomic mass is 16.3. The molecular weight excluding hydrogens is 240 g/mol. The summed E-state index contributed by atoms with van der Waals surface area (Å²) in [5, 5.41) is 19.4. The lowest BCUT2D eigenvalue weighted by Crippen LogP contribution is -1.91. The Labute approximate surface area is 110 Å². The lowest BCUT2D eigenvalue weighted by molar-refractivity contribution is 0.275. The second-order valence-electron chi connectivity index (χ2n) is 4.58. The van der Waals surface area contributed by atoms with E-state index in [-0.39, 0.29) is 12.4 Å². The van der Waals surface area contributed by atoms with Crippen molar-refractivity contribution in [3.63, 3.8) is 0 Å². The second kappa shape index (κ2) is 4.40. The van der Waals surface area contributed by atoms with Crippen LogP contribution in [-0.2, 0) is 6.61 Å². The Balaban J connectivity index is 2.23. The highest BCUT2D eigenvalue weighted by Gasteiger charge is 2.13. The first kappa shape index (κ1) is 11.7. The van der Waals surface area contributed by atoms with E-state index < -0.39 is 0 Å². The number of phenols is 1. The zero-order chi connectivity index (χ0) is 13.4. The van der Waals surface area contributed by atoms with Crippen LogP contribution in [0.1, 0.15) is 11.1 Å². The van der Waals surface area contributed by atoms with Gasteiger partial charge in [0, 0.05) is 5.56 Å². The van der Waals surface area contributed by atoms with Gasteiger partial charge in [0.15, 0.2) is 0 Å². The van der Waals surface area contributed by atoms with Gasteiger partial charge < -0.3 is 15.2 Å². The Morgan fingerprint density at radius 1 is 1.21 bits per heavy atom. The summed E-state index contributed by atoms with van der Waals surface area (Å²) in [6, 6.07) is 11.3. The number of aromatic hydroxyl groups is 1. The Morgan fingerprint density at radius 3 is 2.74 bits per heavy atom. The molecule has 2 aromatic carbocycles. The first-order valence-electron chi connectivity index (χ1n) is 6.07. The number of aromatic amines is 1. The van der Waals surface area contributed by atoms with E-state index in [1.165, 1.54) is 0 Å². The number of benzene rings is 2. The van der Waals surface area contributed by atoms with E-state index in [1.54, 1.807) is 6.07 Å². The van der Waals surface area contributed by atoms with Gasteiger partial charge in [-0.1, -0.05) is 18.2 Å². The number of nitrogens with one attached hydrogen (secondary N) is 1. The first-order chi connectivity index (χ1) is 9.19. The summed E-state index contributed by atoms with van der Waals surface area (Å²) < 4.78 is 0. The third kappa shape index (κ3) is 1.96. The van der Waals surface area contributed by atoms with Crippen LogP contribution in [0.15, 0.2) is 36.4 Å². The summed E-state index contributed by atoms with van der Waals surface area (Å²) in [6.45, 7) is 1.73. The number of fused-ring (bicyclic) bond motifs is 1. The largest absolute Gasteiger partial charge is 0.507 e. The molecule has 0 atom stereocenters. The predicted molar refractivity (Wildman–Crippen MR) is 73.9 cm³/mol. The zero-order valence-electron chi connectivity index (χ0n) is 10.5. The number of H-pyrrole nitrogens is 1. The molecule has 0 bridgehead atoms. The molecule has 3 rings (SSSR count). The van der Waals surface area contributed by atoms with Crippen LogP contribution in [-0.4, -0.2) is 20.2 Å². The molecule has 3 aromatic rings. The maximum Gasteiger partial charge on any atom is 0.142 e. The van der Waals surface area contributed by atoms with Crippen molar-refractivity contribution in [1.29, 1.82) is 0 Å². The van der Waals surface area contributed by atoms with E-state index >= 15 is 0 Å². The number of nitrogens with zero attached hydrogens (tertiary/aromatic N) is 1. The van der Waals surface area contributed by atoms with Gasteiger partial charge in [-0.2, -0.15) is 0 Å². The summed E-state index contributed by atoms with van der Waals surface area (Å²) in [5.41, 5.74) is 3.86. The molecule has 1 aromatic heterocycles. The van der Waals surface area contributed by atoms with Crippen molar-refractivity contribution in [3.05, 3.63) is 47.5 Å². The van der Waals surface area contributed by atoms with Crippen molar-refractivity contribution in [2.75, 3.05) is 0 Å². The molecule has 0 unspecified atom stereocenters. The molecule has 3 N–H and O–H groups in total. The summed E-state index contributed by atoms with van der Waals surface area (Å²) >= 11 is 0. The van der Waals surface area contributed by atoms with Crippen LogP contribution in [0.3, 0.4) is 0 Å². The summed E-state index contributed by atoms with van der Waals surface area (Å²) in [6.07, 6.45) is 0. The molecule has 0 spiro atoms. The molecule has 4 nitrogen and oxygen atoms in total. The van der Waals surface area contributed by atoms with Gasteiger partial charge in [-0.3, -0.25) is 0 Å². The Hall–Kier alpha value is -2.33. The van der Waals surface area contributed by atoms with Crippen LogP contribution in [0.25, 0.3) is 22.4 Å². The minimum absolute atomic E-state index is 0.0761. The number of hydrogen-bond donors (Lipinski definition) is 3. The SMILES string of the molecule is Cc1cc(CO)c(O)c(-c2nc3ccccc3[nH]2)c1. The van der Waals surface area contributed by atoms with Gasteiger partial charge in [0.2, 0.25) is 0 Å². The van der Waals surface area contributed by atoms with Gasteiger partial charge in [0.1, 0.15) is 11.6 Å². The molecule has 0 saturated carbocycles. The number of rotatable bonds is 2. The number of imidazole rings is 1. The molecule has 1 heterocycles. The highest BCUT2D eigenvalue weighted by Crippen LogP contribution is 2.33. The van der Waals surface area contributed by atoms with E-state index in [0.29, 0.717) is 17.0 Å². The summed E-state index contributed by atoms with van der Waals surface area (Å²) in [5.74, 6) is 0.684. The molecule has 0 saturated heterocycles. The van der Waals surface area contributed by atoms with Gasteiger partial charge in [-0.25, -0.2) is 4.98 Å². The van der Waals surface area contributed by atoms with Gasteiger partial charge >= 0.3 is 0 Å². The van der Waals surface area contributed by atoms with Crippen molar-refractivity contribution in [2.45, 2.75) is 13.5 Å². The molecule has 4 heteroatoms. The van der Waals surface area contributed by atoms with E-state index in [1.807, 2.05) is 37.3 Å². The standard InChI is InChI=1S/C15H14N2O2/c1-9-6-10(8-18)14(19)11(7-9)15-16-12-4-2-3-5-13(12)17-15/h2-7,18-19H,8H2,1H3,(H,16,17). The average Bonchev–Trinajstić information content (AvgIpc) is 2.84. The van der Waals surface area contributed by atoms with Crippen LogP contribution >= 0.6 is 0 Å². The fraction of sp³-hybridized carbons (Fsp3) is 0.133. The number of aliphatic hydroxyl groups excluding tert-OH is 1. The number of aromatic nitrogens is 2. The molecule has 0 aliphatic carbocycles. The fourth-order valence-corrected chi connectivity index (χ4v) is 2.24. The molecule has 0 fully saturated rings. The van der Waals surface area contributed by atoms with E-state index in [0.717, 1.165) is 16.6 Å². The van der Waals surface area contributed by atoms with Crippen molar-refractivity contribution in [1.82, 2.24) is 9.97 Å². The number of hydrogen-bond acceptors (Lipinski definition) is 3. The van der Waals surface area contributed by atoms with E-state index in [4.69, 9.17) is 0 Å². The smallest absolute Gasteiger partial charge is 0.142 e. The topological polar surface area (TPSA) is 69.1 Å². The lowest BCUT2D eigenvalue weighted by atomic mass is 10.0. The molecule has 0 amide bonds. The minimum Gasteiger partial charge on any atom is -0.507 e. The molecule has 0 radical (unpaired) electrons. The average molecular weight is 254 g/mol. The van der Waals surface area contributed by atoms with Crippen molar-refractivity contribution in [3.8, 4) is 17.1 Å². The molecule has 96 valence electrons. The molecule has 0 aliphatic rings. The fourth-order valence-electron chi connectivity index (χ4n) is 2.24. The maximum atomic E-state index is 10.2. The van der Waals surface area contributed by atoms with Crippen molar-refractivity contribution < 1.29 is 10.2 Å². The second-order valence-corrected chi connectivity index (χ2v) is 4.58. The predicted octanol–water partition coefficient (Wildman–Crippen LogP) is 2.74. The van der Waals surface area contributed by atoms with Gasteiger partial charge in [-0.05, 0) is 30.7 Å². The van der Waals surface area contributed by atoms with Crippen LogP contribution < -0.4 is 0 Å². The van der Waals surface area contributed by atoms with Crippen LogP contribution in [0, 0.1) is 6.92 Å². The third-order valence-corrected chi connectivity index (χ3v) is 3.15. The monoisotopic (exact) mass is 254 g/mol. The Bertz CT molecular complexity index is 714.